The minimum atomic E-state index is 0.292. The molecule has 0 aromatic rings. The van der Waals surface area contributed by atoms with E-state index in [1.807, 2.05) is 27.7 Å². The Morgan fingerprint density at radius 1 is 1.36 bits per heavy atom. The standard InChI is InChI=1S/C5H9NO.C2H6.CH2O/c1-6-4-2-3-5(6)7;2*1-2/h2-4H2,1H3;1-2H3;1H2. The largest absolute Gasteiger partial charge is 0.346 e. The third-order valence-electron chi connectivity index (χ3n) is 1.31. The van der Waals surface area contributed by atoms with Crippen LogP contribution in [0.1, 0.15) is 26.7 Å². The van der Waals surface area contributed by atoms with Gasteiger partial charge in [0, 0.05) is 20.0 Å². The van der Waals surface area contributed by atoms with Crippen molar-refractivity contribution >= 4 is 12.7 Å². The molecule has 3 nitrogen and oxygen atoms in total. The minimum absolute atomic E-state index is 0.292. The van der Waals surface area contributed by atoms with Crippen molar-refractivity contribution in [3.05, 3.63) is 0 Å². The fourth-order valence-corrected chi connectivity index (χ4v) is 0.783. The zero-order valence-corrected chi connectivity index (χ0v) is 7.59. The van der Waals surface area contributed by atoms with Gasteiger partial charge in [0.05, 0.1) is 0 Å². The summed E-state index contributed by atoms with van der Waals surface area (Å²) < 4.78 is 0. The number of amides is 1. The highest BCUT2D eigenvalue weighted by Gasteiger charge is 2.14. The number of likely N-dealkylation sites (tertiary alicyclic amines) is 1. The highest BCUT2D eigenvalue weighted by atomic mass is 16.2. The van der Waals surface area contributed by atoms with Gasteiger partial charge >= 0.3 is 0 Å². The van der Waals surface area contributed by atoms with Gasteiger partial charge in [-0.2, -0.15) is 0 Å². The molecule has 0 atom stereocenters. The maximum atomic E-state index is 10.5. The van der Waals surface area contributed by atoms with Crippen LogP contribution < -0.4 is 0 Å². The molecule has 1 fully saturated rings. The molecule has 66 valence electrons. The van der Waals surface area contributed by atoms with E-state index in [1.165, 1.54) is 0 Å². The van der Waals surface area contributed by atoms with Gasteiger partial charge in [0.2, 0.25) is 5.91 Å². The molecule has 0 aromatic carbocycles. The quantitative estimate of drug-likeness (QED) is 0.530. The second-order valence-corrected chi connectivity index (χ2v) is 1.92. The number of nitrogens with zero attached hydrogens (tertiary/aromatic N) is 1. The van der Waals surface area contributed by atoms with Crippen LogP contribution in [-0.2, 0) is 9.59 Å². The van der Waals surface area contributed by atoms with Gasteiger partial charge in [-0.1, -0.05) is 13.8 Å². The minimum Gasteiger partial charge on any atom is -0.346 e. The molecule has 0 aromatic heterocycles. The Morgan fingerprint density at radius 3 is 1.91 bits per heavy atom. The molecule has 11 heavy (non-hydrogen) atoms. The number of carbonyl (C=O) groups excluding carboxylic acids is 2. The average molecular weight is 159 g/mol. The summed E-state index contributed by atoms with van der Waals surface area (Å²) >= 11 is 0. The maximum Gasteiger partial charge on any atom is 0.222 e. The lowest BCUT2D eigenvalue weighted by Gasteiger charge is -2.03. The molecule has 3 heteroatoms. The van der Waals surface area contributed by atoms with Gasteiger partial charge in [-0.25, -0.2) is 0 Å². The van der Waals surface area contributed by atoms with Gasteiger partial charge in [0.25, 0.3) is 0 Å². The molecule has 1 aliphatic heterocycles. The van der Waals surface area contributed by atoms with Crippen molar-refractivity contribution in [2.24, 2.45) is 0 Å². The number of hydrogen-bond donors (Lipinski definition) is 0. The molecule has 1 amide bonds. The molecule has 0 N–H and O–H groups in total. The second-order valence-electron chi connectivity index (χ2n) is 1.92. The van der Waals surface area contributed by atoms with E-state index in [9.17, 15) is 4.79 Å². The fourth-order valence-electron chi connectivity index (χ4n) is 0.783. The van der Waals surface area contributed by atoms with Crippen molar-refractivity contribution in [1.29, 1.82) is 0 Å². The zero-order valence-electron chi connectivity index (χ0n) is 7.59. The van der Waals surface area contributed by atoms with Crippen molar-refractivity contribution < 1.29 is 9.59 Å². The summed E-state index contributed by atoms with van der Waals surface area (Å²) in [5.74, 6) is 0.292. The van der Waals surface area contributed by atoms with Gasteiger partial charge in [-0.05, 0) is 6.42 Å². The Kier molecular flexibility index (Phi) is 10.6. The lowest BCUT2D eigenvalue weighted by molar-refractivity contribution is -0.126. The first kappa shape index (κ1) is 12.8. The molecule has 0 aliphatic carbocycles. The van der Waals surface area contributed by atoms with Crippen LogP contribution in [0.25, 0.3) is 0 Å². The zero-order chi connectivity index (χ0) is 9.28. The normalized spacial score (nSPS) is 14.5. The van der Waals surface area contributed by atoms with Crippen LogP contribution in [0.15, 0.2) is 0 Å². The number of carbonyl (C=O) groups is 2. The van der Waals surface area contributed by atoms with E-state index in [-0.39, 0.29) is 0 Å². The van der Waals surface area contributed by atoms with Crippen LogP contribution in [0.4, 0.5) is 0 Å². The third kappa shape index (κ3) is 5.58. The van der Waals surface area contributed by atoms with Crippen LogP contribution in [0, 0.1) is 0 Å². The van der Waals surface area contributed by atoms with Gasteiger partial charge in [0.1, 0.15) is 6.79 Å². The SMILES string of the molecule is C=O.CC.CN1CCCC1=O. The Balaban J connectivity index is 0. The fraction of sp³-hybridized carbons (Fsp3) is 0.750. The molecule has 0 spiro atoms. The first-order valence-corrected chi connectivity index (χ1v) is 3.83. The van der Waals surface area contributed by atoms with Gasteiger partial charge in [0.15, 0.2) is 0 Å². The molecule has 1 saturated heterocycles. The second kappa shape index (κ2) is 9.14. The van der Waals surface area contributed by atoms with Crippen LogP contribution in [0.2, 0.25) is 0 Å². The third-order valence-corrected chi connectivity index (χ3v) is 1.31. The van der Waals surface area contributed by atoms with Crippen molar-refractivity contribution in [3.8, 4) is 0 Å². The predicted octanol–water partition coefficient (Wildman–Crippen LogP) is 1.08. The topological polar surface area (TPSA) is 37.4 Å². The van der Waals surface area contributed by atoms with E-state index in [1.54, 1.807) is 4.90 Å². The van der Waals surface area contributed by atoms with Gasteiger partial charge < -0.3 is 9.69 Å². The van der Waals surface area contributed by atoms with Crippen molar-refractivity contribution in [2.75, 3.05) is 13.6 Å². The molecule has 0 unspecified atom stereocenters. The van der Waals surface area contributed by atoms with E-state index in [0.29, 0.717) is 5.91 Å². The van der Waals surface area contributed by atoms with E-state index in [0.717, 1.165) is 19.4 Å². The summed E-state index contributed by atoms with van der Waals surface area (Å²) in [5.41, 5.74) is 0. The Bertz CT molecular complexity index is 104. The predicted molar refractivity (Wildman–Crippen MR) is 45.3 cm³/mol. The number of rotatable bonds is 0. The Morgan fingerprint density at radius 2 is 1.82 bits per heavy atom. The van der Waals surface area contributed by atoms with Crippen LogP contribution in [-0.4, -0.2) is 31.2 Å². The van der Waals surface area contributed by atoms with E-state index in [4.69, 9.17) is 4.79 Å². The molecule has 1 heterocycles. The summed E-state index contributed by atoms with van der Waals surface area (Å²) in [7, 11) is 1.84. The Hall–Kier alpha value is -0.860. The molecule has 0 bridgehead atoms. The van der Waals surface area contributed by atoms with Crippen molar-refractivity contribution in [1.82, 2.24) is 4.90 Å². The van der Waals surface area contributed by atoms with Crippen molar-refractivity contribution in [2.45, 2.75) is 26.7 Å². The van der Waals surface area contributed by atoms with Crippen LogP contribution in [0.5, 0.6) is 0 Å². The monoisotopic (exact) mass is 159 g/mol. The first-order valence-electron chi connectivity index (χ1n) is 3.83. The first-order chi connectivity index (χ1) is 5.30. The van der Waals surface area contributed by atoms with Crippen LogP contribution >= 0.6 is 0 Å². The lowest BCUT2D eigenvalue weighted by atomic mass is 10.4. The molecule has 0 radical (unpaired) electrons. The summed E-state index contributed by atoms with van der Waals surface area (Å²) in [4.78, 5) is 20.3. The smallest absolute Gasteiger partial charge is 0.222 e. The highest BCUT2D eigenvalue weighted by Crippen LogP contribution is 2.04. The van der Waals surface area contributed by atoms with E-state index in [2.05, 4.69) is 0 Å². The highest BCUT2D eigenvalue weighted by molar-refractivity contribution is 5.77. The summed E-state index contributed by atoms with van der Waals surface area (Å²) in [6.07, 6.45) is 1.81. The molecular weight excluding hydrogens is 142 g/mol. The molecule has 1 aliphatic rings. The maximum absolute atomic E-state index is 10.5. The lowest BCUT2D eigenvalue weighted by Crippen LogP contribution is -2.17. The number of hydrogen-bond acceptors (Lipinski definition) is 2. The molecule has 0 saturated carbocycles. The Labute approximate surface area is 68.4 Å². The average Bonchev–Trinajstić information content (AvgIpc) is 2.44. The van der Waals surface area contributed by atoms with Crippen molar-refractivity contribution in [3.63, 3.8) is 0 Å². The van der Waals surface area contributed by atoms with Gasteiger partial charge in [-0.3, -0.25) is 4.79 Å². The van der Waals surface area contributed by atoms with E-state index >= 15 is 0 Å². The molecular formula is C8H17NO2. The van der Waals surface area contributed by atoms with Crippen LogP contribution in [0.3, 0.4) is 0 Å². The summed E-state index contributed by atoms with van der Waals surface area (Å²) in [6.45, 7) is 6.96. The van der Waals surface area contributed by atoms with Gasteiger partial charge in [-0.15, -0.1) is 0 Å². The summed E-state index contributed by atoms with van der Waals surface area (Å²) in [6, 6.07) is 0. The summed E-state index contributed by atoms with van der Waals surface area (Å²) in [5, 5.41) is 0. The molecule has 1 rings (SSSR count). The van der Waals surface area contributed by atoms with E-state index < -0.39 is 0 Å².